The molecular weight excluding hydrogens is 1090 g/mol. The maximum atomic E-state index is 13.1. The van der Waals surface area contributed by atoms with Gasteiger partial charge in [-0.15, -0.1) is 0 Å². The van der Waals surface area contributed by atoms with Gasteiger partial charge in [0.05, 0.1) is 39.9 Å². The second kappa shape index (κ2) is 68.1. The zero-order chi connectivity index (χ0) is 63.4. The van der Waals surface area contributed by atoms with E-state index in [1.165, 1.54) is 263 Å². The van der Waals surface area contributed by atoms with Crippen LogP contribution in [0.3, 0.4) is 0 Å². The van der Waals surface area contributed by atoms with Crippen LogP contribution >= 0.6 is 7.82 Å². The van der Waals surface area contributed by atoms with Crippen LogP contribution in [-0.4, -0.2) is 68.5 Å². The number of carbonyl (C=O) groups is 1. The van der Waals surface area contributed by atoms with Gasteiger partial charge >= 0.3 is 0 Å². The minimum atomic E-state index is -4.62. The lowest BCUT2D eigenvalue weighted by molar-refractivity contribution is -0.870. The summed E-state index contributed by atoms with van der Waals surface area (Å²) in [4.78, 5) is 25.7. The van der Waals surface area contributed by atoms with Gasteiger partial charge in [0, 0.05) is 6.42 Å². The molecule has 0 aromatic heterocycles. The van der Waals surface area contributed by atoms with Crippen molar-refractivity contribution in [2.75, 3.05) is 40.9 Å². The molecule has 2 N–H and O–H groups in total. The predicted octanol–water partition coefficient (Wildman–Crippen LogP) is 23.6. The lowest BCUT2D eigenvalue weighted by Crippen LogP contribution is -2.45. The number of aliphatic hydroxyl groups excluding tert-OH is 1. The van der Waals surface area contributed by atoms with Crippen LogP contribution in [0.1, 0.15) is 354 Å². The van der Waals surface area contributed by atoms with Gasteiger partial charge in [-0.3, -0.25) is 9.36 Å². The molecule has 0 radical (unpaired) electrons. The Kier molecular flexibility index (Phi) is 66.2. The smallest absolute Gasteiger partial charge is 0.268 e. The van der Waals surface area contributed by atoms with Gasteiger partial charge in [-0.05, 0) is 77.0 Å². The molecule has 3 atom stereocenters. The lowest BCUT2D eigenvalue weighted by Gasteiger charge is -2.29. The Morgan fingerprint density at radius 2 is 0.713 bits per heavy atom. The highest BCUT2D eigenvalue weighted by atomic mass is 31.2. The number of nitrogens with one attached hydrogen (secondary N) is 1. The third-order valence-corrected chi connectivity index (χ3v) is 17.8. The Morgan fingerprint density at radius 3 is 1.07 bits per heavy atom. The van der Waals surface area contributed by atoms with Gasteiger partial charge in [-0.1, -0.05) is 356 Å². The van der Waals surface area contributed by atoms with Crippen molar-refractivity contribution in [3.63, 3.8) is 0 Å². The van der Waals surface area contributed by atoms with Crippen LogP contribution in [0.5, 0.6) is 0 Å². The quantitative estimate of drug-likeness (QED) is 0.0272. The van der Waals surface area contributed by atoms with Crippen molar-refractivity contribution in [3.05, 3.63) is 85.1 Å². The summed E-state index contributed by atoms with van der Waals surface area (Å²) < 4.78 is 23.5. The number of phosphoric ester groups is 1. The van der Waals surface area contributed by atoms with E-state index in [1.807, 2.05) is 27.2 Å². The molecule has 0 heterocycles. The lowest BCUT2D eigenvalue weighted by atomic mass is 10.0. The predicted molar refractivity (Wildman–Crippen MR) is 380 cm³/mol. The first-order valence-electron chi connectivity index (χ1n) is 37.4. The van der Waals surface area contributed by atoms with E-state index in [1.54, 1.807) is 6.08 Å². The first kappa shape index (κ1) is 84.7. The number of phosphoric acid groups is 1. The molecule has 0 aliphatic carbocycles. The Balaban J connectivity index is 4.00. The monoisotopic (exact) mass is 1240 g/mol. The zero-order valence-corrected chi connectivity index (χ0v) is 59.1. The van der Waals surface area contributed by atoms with E-state index in [-0.39, 0.29) is 12.5 Å². The normalized spacial score (nSPS) is 14.1. The van der Waals surface area contributed by atoms with Gasteiger partial charge in [0.25, 0.3) is 7.82 Å². The third kappa shape index (κ3) is 71.0. The molecule has 0 fully saturated rings. The zero-order valence-electron chi connectivity index (χ0n) is 58.2. The summed E-state index contributed by atoms with van der Waals surface area (Å²) in [6.45, 7) is 4.56. The Morgan fingerprint density at radius 1 is 0.414 bits per heavy atom. The van der Waals surface area contributed by atoms with Crippen LogP contribution in [0.25, 0.3) is 0 Å². The van der Waals surface area contributed by atoms with Gasteiger partial charge in [-0.25, -0.2) is 0 Å². The van der Waals surface area contributed by atoms with Crippen molar-refractivity contribution < 1.29 is 32.9 Å². The molecule has 0 rings (SSSR count). The number of allylic oxidation sites excluding steroid dienone is 13. The van der Waals surface area contributed by atoms with Crippen molar-refractivity contribution in [2.24, 2.45) is 0 Å². The molecule has 8 nitrogen and oxygen atoms in total. The molecule has 0 saturated carbocycles. The van der Waals surface area contributed by atoms with Gasteiger partial charge in [0.15, 0.2) is 0 Å². The van der Waals surface area contributed by atoms with Crippen molar-refractivity contribution in [1.29, 1.82) is 0 Å². The first-order chi connectivity index (χ1) is 42.5. The number of carbonyl (C=O) groups excluding carboxylic acids is 1. The summed E-state index contributed by atoms with van der Waals surface area (Å²) in [6, 6.07) is -0.907. The van der Waals surface area contributed by atoms with Crippen LogP contribution in [0.4, 0.5) is 0 Å². The van der Waals surface area contributed by atoms with E-state index in [4.69, 9.17) is 9.05 Å². The molecule has 0 saturated heterocycles. The molecule has 0 aliphatic rings. The Hall–Kier alpha value is -2.32. The molecule has 1 amide bonds. The summed E-state index contributed by atoms with van der Waals surface area (Å²) in [7, 11) is 1.25. The minimum Gasteiger partial charge on any atom is -0.756 e. The maximum absolute atomic E-state index is 13.1. The average Bonchev–Trinajstić information content (AvgIpc) is 3.69. The van der Waals surface area contributed by atoms with Crippen LogP contribution in [0.15, 0.2) is 85.1 Å². The number of unbranched alkanes of at least 4 members (excludes halogenated alkanes) is 44. The second-order valence-corrected chi connectivity index (χ2v) is 28.0. The van der Waals surface area contributed by atoms with Gasteiger partial charge in [0.1, 0.15) is 13.2 Å². The molecule has 87 heavy (non-hydrogen) atoms. The van der Waals surface area contributed by atoms with E-state index in [9.17, 15) is 19.4 Å². The van der Waals surface area contributed by atoms with Gasteiger partial charge in [-0.2, -0.15) is 0 Å². The van der Waals surface area contributed by atoms with Crippen LogP contribution in [0, 0.1) is 0 Å². The van der Waals surface area contributed by atoms with E-state index in [0.717, 1.165) is 70.6 Å². The van der Waals surface area contributed by atoms with Crippen molar-refractivity contribution in [1.82, 2.24) is 5.32 Å². The molecule has 0 aromatic carbocycles. The number of hydrogen-bond donors (Lipinski definition) is 2. The number of amides is 1. The number of hydrogen-bond acceptors (Lipinski definition) is 6. The summed E-state index contributed by atoms with van der Waals surface area (Å²) in [5.74, 6) is -0.202. The summed E-state index contributed by atoms with van der Waals surface area (Å²) in [6.07, 6.45) is 97.3. The molecule has 0 aromatic rings. The van der Waals surface area contributed by atoms with E-state index >= 15 is 0 Å². The highest BCUT2D eigenvalue weighted by molar-refractivity contribution is 7.45. The van der Waals surface area contributed by atoms with Gasteiger partial charge in [0.2, 0.25) is 5.91 Å². The Bertz CT molecular complexity index is 1700. The molecule has 0 spiro atoms. The second-order valence-electron chi connectivity index (χ2n) is 26.6. The molecule has 508 valence electrons. The summed E-state index contributed by atoms with van der Waals surface area (Å²) >= 11 is 0. The fraction of sp³-hybridized carbons (Fsp3) is 0.808. The SMILES string of the molecule is CC/C=C\C/C=C\C/C=C\C/C=C\C/C=C\CCCCCCCCCCCCCCCCCCCCCCCCCC(=O)NC(COP(=O)([O-])OCC[N+](C)(C)C)C(O)/C=C/CC/C=C/CCCCCCCCCCCCCCCCCCCCCC. The highest BCUT2D eigenvalue weighted by Crippen LogP contribution is 2.38. The van der Waals surface area contributed by atoms with Gasteiger partial charge < -0.3 is 28.8 Å². The van der Waals surface area contributed by atoms with Crippen molar-refractivity contribution in [3.8, 4) is 0 Å². The fourth-order valence-corrected chi connectivity index (χ4v) is 11.8. The average molecular weight is 1240 g/mol. The molecule has 0 bridgehead atoms. The first-order valence-corrected chi connectivity index (χ1v) is 38.9. The standard InChI is InChI=1S/C78H145N2O6P/c1-6-8-10-12-14-16-18-20-22-24-26-28-30-32-34-35-36-37-38-39-40-41-42-43-44-45-46-48-50-52-54-56-58-60-62-64-66-68-70-72-78(82)79-76(75-86-87(83,84)85-74-73-80(3,4)5)77(81)71-69-67-65-63-61-59-57-55-53-51-49-47-33-31-29-27-25-23-21-19-17-15-13-11-9-7-2/h8,10,14,16,20,22,26,28,32,34,61,63,69,71,76-77,81H,6-7,9,11-13,15,17-19,21,23-25,27,29-31,33,35-60,62,64-68,70,72-75H2,1-5H3,(H-,79,82,83,84)/b10-8-,16-14-,22-20-,28-26-,34-32-,63-61+,71-69+. The minimum absolute atomic E-state index is 0.00647. The molecular formula is C78H145N2O6P. The van der Waals surface area contributed by atoms with E-state index in [2.05, 4.69) is 92.1 Å². The van der Waals surface area contributed by atoms with Crippen molar-refractivity contribution >= 4 is 13.7 Å². The number of quaternary nitrogens is 1. The Labute approximate surface area is 541 Å². The van der Waals surface area contributed by atoms with E-state index in [0.29, 0.717) is 17.4 Å². The largest absolute Gasteiger partial charge is 0.756 e. The summed E-state index contributed by atoms with van der Waals surface area (Å²) in [5.41, 5.74) is 0. The summed E-state index contributed by atoms with van der Waals surface area (Å²) in [5, 5.41) is 14.0. The van der Waals surface area contributed by atoms with Crippen LogP contribution < -0.4 is 10.2 Å². The van der Waals surface area contributed by atoms with Crippen molar-refractivity contribution in [2.45, 2.75) is 366 Å². The maximum Gasteiger partial charge on any atom is 0.268 e. The molecule has 0 aliphatic heterocycles. The van der Waals surface area contributed by atoms with Crippen LogP contribution in [-0.2, 0) is 18.4 Å². The third-order valence-electron chi connectivity index (χ3n) is 16.8. The molecule has 3 unspecified atom stereocenters. The fourth-order valence-electron chi connectivity index (χ4n) is 11.1. The van der Waals surface area contributed by atoms with E-state index < -0.39 is 26.6 Å². The highest BCUT2D eigenvalue weighted by Gasteiger charge is 2.23. The number of rotatable bonds is 69. The number of aliphatic hydroxyl groups is 1. The topological polar surface area (TPSA) is 108 Å². The number of likely N-dealkylation sites (N-methyl/N-ethyl adjacent to an activating group) is 1. The molecule has 9 heteroatoms. The van der Waals surface area contributed by atoms with Crippen LogP contribution in [0.2, 0.25) is 0 Å². The number of nitrogens with zero attached hydrogens (tertiary/aromatic N) is 1.